The van der Waals surface area contributed by atoms with Crippen LogP contribution in [-0.4, -0.2) is 81.4 Å². The summed E-state index contributed by atoms with van der Waals surface area (Å²) in [6.45, 7) is 1.87. The number of rotatable bonds is 10. The number of nitrogens with one attached hydrogen (secondary N) is 2. The standard InChI is InChI=1S/C32H35FN4O8/c1-43-27-12-8-22(18-28(27)44-2)31(41)35-25-17-21(7-11-26(25)36-13-4-14-37(16-15-36)32(42)45-3)30(40)34-24(19-29(38)39)20-5-9-23(33)10-6-20/h5-12,17-18,24H,4,13-16,19H2,1-3H3,(H,34,40)(H,35,41)(H,38,39). The van der Waals surface area contributed by atoms with Crippen LogP contribution in [0.25, 0.3) is 0 Å². The Balaban J connectivity index is 1.66. The summed E-state index contributed by atoms with van der Waals surface area (Å²) in [5, 5.41) is 15.1. The maximum atomic E-state index is 13.5. The summed E-state index contributed by atoms with van der Waals surface area (Å²) in [6.07, 6.45) is -0.222. The highest BCUT2D eigenvalue weighted by Gasteiger charge is 2.24. The van der Waals surface area contributed by atoms with E-state index < -0.39 is 42.2 Å². The first-order valence-electron chi connectivity index (χ1n) is 14.2. The van der Waals surface area contributed by atoms with Crippen molar-refractivity contribution in [2.45, 2.75) is 18.9 Å². The minimum absolute atomic E-state index is 0.157. The molecule has 238 valence electrons. The largest absolute Gasteiger partial charge is 0.493 e. The van der Waals surface area contributed by atoms with E-state index in [1.165, 1.54) is 57.7 Å². The Morgan fingerprint density at radius 3 is 2.20 bits per heavy atom. The van der Waals surface area contributed by atoms with Gasteiger partial charge in [0.2, 0.25) is 0 Å². The zero-order valence-corrected chi connectivity index (χ0v) is 25.2. The highest BCUT2D eigenvalue weighted by molar-refractivity contribution is 6.07. The van der Waals surface area contributed by atoms with Crippen LogP contribution >= 0.6 is 0 Å². The first-order valence-corrected chi connectivity index (χ1v) is 14.2. The van der Waals surface area contributed by atoms with E-state index in [1.807, 2.05) is 4.90 Å². The summed E-state index contributed by atoms with van der Waals surface area (Å²) in [4.78, 5) is 54.2. The smallest absolute Gasteiger partial charge is 0.409 e. The first-order chi connectivity index (χ1) is 21.6. The summed E-state index contributed by atoms with van der Waals surface area (Å²) in [7, 11) is 4.27. The molecule has 45 heavy (non-hydrogen) atoms. The molecule has 1 aliphatic rings. The molecule has 3 aromatic rings. The molecule has 0 radical (unpaired) electrons. The van der Waals surface area contributed by atoms with Crippen molar-refractivity contribution in [3.05, 3.63) is 83.2 Å². The number of carbonyl (C=O) groups excluding carboxylic acids is 3. The number of carboxylic acids is 1. The van der Waals surface area contributed by atoms with E-state index in [9.17, 15) is 28.7 Å². The Morgan fingerprint density at radius 2 is 1.53 bits per heavy atom. The predicted octanol–water partition coefficient (Wildman–Crippen LogP) is 4.32. The molecule has 0 aliphatic carbocycles. The van der Waals surface area contributed by atoms with Gasteiger partial charge in [-0.2, -0.15) is 0 Å². The summed E-state index contributed by atoms with van der Waals surface area (Å²) >= 11 is 0. The highest BCUT2D eigenvalue weighted by Crippen LogP contribution is 2.32. The molecule has 3 N–H and O–H groups in total. The van der Waals surface area contributed by atoms with E-state index >= 15 is 0 Å². The predicted molar refractivity (Wildman–Crippen MR) is 164 cm³/mol. The van der Waals surface area contributed by atoms with Gasteiger partial charge in [0.25, 0.3) is 11.8 Å². The first kappa shape index (κ1) is 32.6. The van der Waals surface area contributed by atoms with Crippen LogP contribution in [0.3, 0.4) is 0 Å². The van der Waals surface area contributed by atoms with Gasteiger partial charge in [0.15, 0.2) is 11.5 Å². The molecule has 0 aromatic heterocycles. The van der Waals surface area contributed by atoms with Gasteiger partial charge in [-0.25, -0.2) is 9.18 Å². The van der Waals surface area contributed by atoms with E-state index in [-0.39, 0.29) is 11.1 Å². The minimum Gasteiger partial charge on any atom is -0.493 e. The topological polar surface area (TPSA) is 147 Å². The zero-order chi connectivity index (χ0) is 32.5. The molecule has 0 bridgehead atoms. The van der Waals surface area contributed by atoms with Gasteiger partial charge in [0.05, 0.1) is 45.2 Å². The number of hydrogen-bond donors (Lipinski definition) is 3. The van der Waals surface area contributed by atoms with Gasteiger partial charge in [0.1, 0.15) is 5.82 Å². The molecule has 1 fully saturated rings. The maximum absolute atomic E-state index is 13.5. The molecule has 0 spiro atoms. The third-order valence-corrected chi connectivity index (χ3v) is 7.38. The molecule has 3 aromatic carbocycles. The molecule has 3 amide bonds. The lowest BCUT2D eigenvalue weighted by Crippen LogP contribution is -2.35. The highest BCUT2D eigenvalue weighted by atomic mass is 19.1. The Bertz CT molecular complexity index is 1550. The second-order valence-electron chi connectivity index (χ2n) is 10.2. The number of amides is 3. The summed E-state index contributed by atoms with van der Waals surface area (Å²) in [6, 6.07) is 13.8. The molecule has 0 saturated carbocycles. The van der Waals surface area contributed by atoms with E-state index in [4.69, 9.17) is 14.2 Å². The zero-order valence-electron chi connectivity index (χ0n) is 25.2. The number of anilines is 2. The Kier molecular flexibility index (Phi) is 10.8. The number of nitrogens with zero attached hydrogens (tertiary/aromatic N) is 2. The average molecular weight is 623 g/mol. The van der Waals surface area contributed by atoms with Crippen LogP contribution in [0.2, 0.25) is 0 Å². The van der Waals surface area contributed by atoms with Gasteiger partial charge in [0, 0.05) is 37.3 Å². The van der Waals surface area contributed by atoms with Crippen LogP contribution in [0.1, 0.15) is 45.2 Å². The van der Waals surface area contributed by atoms with Crippen molar-refractivity contribution in [1.29, 1.82) is 0 Å². The van der Waals surface area contributed by atoms with Crippen molar-refractivity contribution < 1.29 is 42.9 Å². The third-order valence-electron chi connectivity index (χ3n) is 7.38. The molecular weight excluding hydrogens is 587 g/mol. The Morgan fingerprint density at radius 1 is 0.844 bits per heavy atom. The van der Waals surface area contributed by atoms with Crippen molar-refractivity contribution in [1.82, 2.24) is 10.2 Å². The Hall–Kier alpha value is -5.33. The van der Waals surface area contributed by atoms with Crippen LogP contribution < -0.4 is 25.0 Å². The molecule has 1 saturated heterocycles. The van der Waals surface area contributed by atoms with Crippen LogP contribution in [-0.2, 0) is 9.53 Å². The molecule has 4 rings (SSSR count). The average Bonchev–Trinajstić information content (AvgIpc) is 3.30. The van der Waals surface area contributed by atoms with Gasteiger partial charge in [-0.15, -0.1) is 0 Å². The number of hydrogen-bond acceptors (Lipinski definition) is 8. The molecule has 1 aliphatic heterocycles. The Labute approximate surface area is 259 Å². The lowest BCUT2D eigenvalue weighted by atomic mass is 10.0. The van der Waals surface area contributed by atoms with E-state index in [0.29, 0.717) is 61.0 Å². The normalized spacial score (nSPS) is 13.7. The van der Waals surface area contributed by atoms with Crippen molar-refractivity contribution >= 4 is 35.3 Å². The fraction of sp³-hybridized carbons (Fsp3) is 0.312. The molecule has 1 unspecified atom stereocenters. The minimum atomic E-state index is -1.15. The second kappa shape index (κ2) is 14.9. The number of methoxy groups -OCH3 is 3. The number of carboxylic acid groups (broad SMARTS) is 1. The fourth-order valence-electron chi connectivity index (χ4n) is 5.06. The van der Waals surface area contributed by atoms with Gasteiger partial charge in [-0.1, -0.05) is 12.1 Å². The van der Waals surface area contributed by atoms with Gasteiger partial charge in [-0.05, 0) is 60.5 Å². The summed E-state index contributed by atoms with van der Waals surface area (Å²) in [5.74, 6) is -1.90. The molecular formula is C32H35FN4O8. The lowest BCUT2D eigenvalue weighted by Gasteiger charge is -2.26. The number of carbonyl (C=O) groups is 4. The molecule has 12 nitrogen and oxygen atoms in total. The van der Waals surface area contributed by atoms with Crippen molar-refractivity contribution in [3.63, 3.8) is 0 Å². The summed E-state index contributed by atoms with van der Waals surface area (Å²) < 4.78 is 29.0. The number of aliphatic carboxylic acids is 1. The quantitative estimate of drug-likeness (QED) is 0.301. The van der Waals surface area contributed by atoms with Crippen molar-refractivity contribution in [3.8, 4) is 11.5 Å². The van der Waals surface area contributed by atoms with Crippen molar-refractivity contribution in [2.24, 2.45) is 0 Å². The van der Waals surface area contributed by atoms with Gasteiger partial charge in [-0.3, -0.25) is 14.4 Å². The molecule has 1 heterocycles. The van der Waals surface area contributed by atoms with Crippen molar-refractivity contribution in [2.75, 3.05) is 57.7 Å². The van der Waals surface area contributed by atoms with E-state index in [1.54, 1.807) is 29.2 Å². The molecule has 1 atom stereocenters. The van der Waals surface area contributed by atoms with Gasteiger partial charge < -0.3 is 39.8 Å². The number of halogens is 1. The monoisotopic (exact) mass is 622 g/mol. The van der Waals surface area contributed by atoms with Crippen LogP contribution in [0.5, 0.6) is 11.5 Å². The van der Waals surface area contributed by atoms with Crippen LogP contribution in [0.4, 0.5) is 20.6 Å². The van der Waals surface area contributed by atoms with Gasteiger partial charge >= 0.3 is 12.1 Å². The van der Waals surface area contributed by atoms with E-state index in [2.05, 4.69) is 10.6 Å². The van der Waals surface area contributed by atoms with E-state index in [0.717, 1.165) is 0 Å². The van der Waals surface area contributed by atoms with Crippen LogP contribution in [0.15, 0.2) is 60.7 Å². The SMILES string of the molecule is COC(=O)N1CCCN(c2ccc(C(=O)NC(CC(=O)O)c3ccc(F)cc3)cc2NC(=O)c2ccc(OC)c(OC)c2)CC1. The maximum Gasteiger partial charge on any atom is 0.409 e. The number of ether oxygens (including phenoxy) is 3. The number of benzene rings is 3. The summed E-state index contributed by atoms with van der Waals surface area (Å²) in [5.41, 5.74) is 1.80. The third kappa shape index (κ3) is 8.19. The molecule has 13 heteroatoms. The van der Waals surface area contributed by atoms with Crippen LogP contribution in [0, 0.1) is 5.82 Å². The lowest BCUT2D eigenvalue weighted by molar-refractivity contribution is -0.137. The second-order valence-corrected chi connectivity index (χ2v) is 10.2. The fourth-order valence-corrected chi connectivity index (χ4v) is 5.06.